The van der Waals surface area contributed by atoms with Crippen LogP contribution >= 0.6 is 0 Å². The third-order valence-corrected chi connectivity index (χ3v) is 4.69. The van der Waals surface area contributed by atoms with Gasteiger partial charge in [0.25, 0.3) is 0 Å². The number of hydrogen-bond acceptors (Lipinski definition) is 2. The molecule has 0 aromatic heterocycles. The number of rotatable bonds is 6. The van der Waals surface area contributed by atoms with E-state index in [1.807, 2.05) is 32.0 Å². The summed E-state index contributed by atoms with van der Waals surface area (Å²) >= 11 is 0. The fourth-order valence-corrected chi connectivity index (χ4v) is 3.54. The number of aryl methyl sites for hydroxylation is 1. The van der Waals surface area contributed by atoms with Crippen molar-refractivity contribution in [3.63, 3.8) is 0 Å². The molecule has 4 heteroatoms. The second-order valence-corrected chi connectivity index (χ2v) is 6.49. The van der Waals surface area contributed by atoms with Crippen LogP contribution in [0, 0.1) is 12.7 Å². The molecule has 0 heterocycles. The Hall–Kier alpha value is -1.52. The van der Waals surface area contributed by atoms with Crippen LogP contribution in [0.25, 0.3) is 0 Å². The third-order valence-electron chi connectivity index (χ3n) is 3.27. The zero-order chi connectivity index (χ0) is 15.2. The maximum Gasteiger partial charge on any atom is 0.124 e. The average molecular weight is 305 g/mol. The molecule has 1 N–H and O–H groups in total. The van der Waals surface area contributed by atoms with Crippen molar-refractivity contribution in [3.8, 4) is 0 Å². The molecular weight excluding hydrogens is 285 g/mol. The van der Waals surface area contributed by atoms with E-state index in [4.69, 9.17) is 0 Å². The summed E-state index contributed by atoms with van der Waals surface area (Å²) in [7, 11) is -1.23. The van der Waals surface area contributed by atoms with Crippen molar-refractivity contribution >= 4 is 10.8 Å². The van der Waals surface area contributed by atoms with Gasteiger partial charge in [-0.05, 0) is 37.2 Å². The van der Waals surface area contributed by atoms with Gasteiger partial charge in [-0.25, -0.2) is 4.39 Å². The zero-order valence-corrected chi connectivity index (χ0v) is 13.1. The Bertz CT molecular complexity index is 630. The SMILES string of the molecule is CCNC(CS(=O)c1cccc(F)c1)c1cccc(C)c1. The molecule has 0 bridgehead atoms. The highest BCUT2D eigenvalue weighted by Gasteiger charge is 2.15. The van der Waals surface area contributed by atoms with Crippen LogP contribution in [0.2, 0.25) is 0 Å². The molecule has 0 spiro atoms. The molecule has 2 nitrogen and oxygen atoms in total. The van der Waals surface area contributed by atoms with E-state index in [1.54, 1.807) is 12.1 Å². The fourth-order valence-electron chi connectivity index (χ4n) is 2.26. The second kappa shape index (κ2) is 7.48. The molecule has 2 rings (SSSR count). The molecule has 0 saturated heterocycles. The Balaban J connectivity index is 2.18. The highest BCUT2D eigenvalue weighted by Crippen LogP contribution is 2.19. The normalized spacial score (nSPS) is 13.9. The molecule has 2 atom stereocenters. The lowest BCUT2D eigenvalue weighted by atomic mass is 10.1. The maximum atomic E-state index is 13.2. The summed E-state index contributed by atoms with van der Waals surface area (Å²) in [6.07, 6.45) is 0. The van der Waals surface area contributed by atoms with Crippen molar-refractivity contribution in [1.29, 1.82) is 0 Å². The first kappa shape index (κ1) is 15.9. The Labute approximate surface area is 127 Å². The molecule has 0 amide bonds. The smallest absolute Gasteiger partial charge is 0.124 e. The van der Waals surface area contributed by atoms with Crippen molar-refractivity contribution in [2.24, 2.45) is 0 Å². The molecule has 0 aliphatic carbocycles. The van der Waals surface area contributed by atoms with Crippen LogP contribution in [0.1, 0.15) is 24.1 Å². The van der Waals surface area contributed by atoms with E-state index < -0.39 is 10.8 Å². The lowest BCUT2D eigenvalue weighted by Crippen LogP contribution is -2.26. The predicted molar refractivity (Wildman–Crippen MR) is 85.3 cm³/mol. The van der Waals surface area contributed by atoms with E-state index in [0.717, 1.165) is 12.1 Å². The van der Waals surface area contributed by atoms with Gasteiger partial charge in [0.1, 0.15) is 5.82 Å². The monoisotopic (exact) mass is 305 g/mol. The van der Waals surface area contributed by atoms with Gasteiger partial charge in [0, 0.05) is 16.7 Å². The fraction of sp³-hybridized carbons (Fsp3) is 0.294. The first-order valence-corrected chi connectivity index (χ1v) is 8.36. The minimum Gasteiger partial charge on any atom is -0.309 e. The van der Waals surface area contributed by atoms with Crippen LogP contribution in [-0.2, 0) is 10.8 Å². The number of nitrogens with one attached hydrogen (secondary N) is 1. The van der Waals surface area contributed by atoms with Gasteiger partial charge in [0.2, 0.25) is 0 Å². The highest BCUT2D eigenvalue weighted by molar-refractivity contribution is 7.85. The number of halogens is 1. The van der Waals surface area contributed by atoms with E-state index in [-0.39, 0.29) is 11.9 Å². The van der Waals surface area contributed by atoms with Crippen LogP contribution in [0.15, 0.2) is 53.4 Å². The van der Waals surface area contributed by atoms with E-state index in [2.05, 4.69) is 11.4 Å². The van der Waals surface area contributed by atoms with Gasteiger partial charge in [-0.3, -0.25) is 4.21 Å². The van der Waals surface area contributed by atoms with E-state index in [9.17, 15) is 8.60 Å². The minimum absolute atomic E-state index is 0.000925. The van der Waals surface area contributed by atoms with E-state index in [0.29, 0.717) is 10.6 Å². The standard InChI is InChI=1S/C17H20FNOS/c1-3-19-17(14-7-4-6-13(2)10-14)12-21(20)16-9-5-8-15(18)11-16/h4-11,17,19H,3,12H2,1-2H3. The molecule has 0 radical (unpaired) electrons. The molecule has 0 fully saturated rings. The third kappa shape index (κ3) is 4.48. The lowest BCUT2D eigenvalue weighted by molar-refractivity contribution is 0.593. The first-order chi connectivity index (χ1) is 10.1. The summed E-state index contributed by atoms with van der Waals surface area (Å²) in [5.74, 6) is 0.0807. The summed E-state index contributed by atoms with van der Waals surface area (Å²) in [5, 5.41) is 3.35. The lowest BCUT2D eigenvalue weighted by Gasteiger charge is -2.18. The zero-order valence-electron chi connectivity index (χ0n) is 12.3. The van der Waals surface area contributed by atoms with Crippen LogP contribution in [0.3, 0.4) is 0 Å². The molecule has 21 heavy (non-hydrogen) atoms. The molecule has 112 valence electrons. The van der Waals surface area contributed by atoms with Crippen LogP contribution in [-0.4, -0.2) is 16.5 Å². The quantitative estimate of drug-likeness (QED) is 0.883. The molecule has 2 unspecified atom stereocenters. The maximum absolute atomic E-state index is 13.2. The van der Waals surface area contributed by atoms with Gasteiger partial charge in [0.15, 0.2) is 0 Å². The Morgan fingerprint density at radius 3 is 2.62 bits per heavy atom. The summed E-state index contributed by atoms with van der Waals surface area (Å²) in [5.41, 5.74) is 2.29. The van der Waals surface area contributed by atoms with Gasteiger partial charge in [-0.2, -0.15) is 0 Å². The summed E-state index contributed by atoms with van der Waals surface area (Å²) in [4.78, 5) is 0.533. The van der Waals surface area contributed by atoms with Crippen LogP contribution in [0.5, 0.6) is 0 Å². The predicted octanol–water partition coefficient (Wildman–Crippen LogP) is 3.59. The molecular formula is C17H20FNOS. The Morgan fingerprint density at radius 1 is 1.19 bits per heavy atom. The largest absolute Gasteiger partial charge is 0.309 e. The van der Waals surface area contributed by atoms with Crippen molar-refractivity contribution in [2.45, 2.75) is 24.8 Å². The van der Waals surface area contributed by atoms with Gasteiger partial charge >= 0.3 is 0 Å². The van der Waals surface area contributed by atoms with Crippen molar-refractivity contribution in [2.75, 3.05) is 12.3 Å². The van der Waals surface area contributed by atoms with Gasteiger partial charge in [0.05, 0.1) is 10.8 Å². The topological polar surface area (TPSA) is 29.1 Å². The number of hydrogen-bond donors (Lipinski definition) is 1. The first-order valence-electron chi connectivity index (χ1n) is 7.04. The minimum atomic E-state index is -1.23. The van der Waals surface area contributed by atoms with Crippen molar-refractivity contribution < 1.29 is 8.60 Å². The van der Waals surface area contributed by atoms with Gasteiger partial charge < -0.3 is 5.32 Å². The van der Waals surface area contributed by atoms with Crippen LogP contribution in [0.4, 0.5) is 4.39 Å². The Kier molecular flexibility index (Phi) is 5.65. The molecule has 0 aliphatic heterocycles. The average Bonchev–Trinajstić information content (AvgIpc) is 2.46. The molecule has 0 aliphatic rings. The van der Waals surface area contributed by atoms with Crippen LogP contribution < -0.4 is 5.32 Å². The van der Waals surface area contributed by atoms with Crippen molar-refractivity contribution in [1.82, 2.24) is 5.32 Å². The second-order valence-electron chi connectivity index (χ2n) is 4.99. The highest BCUT2D eigenvalue weighted by atomic mass is 32.2. The van der Waals surface area contributed by atoms with Crippen molar-refractivity contribution in [3.05, 3.63) is 65.5 Å². The van der Waals surface area contributed by atoms with E-state index in [1.165, 1.54) is 17.7 Å². The van der Waals surface area contributed by atoms with E-state index >= 15 is 0 Å². The van der Waals surface area contributed by atoms with Gasteiger partial charge in [-0.15, -0.1) is 0 Å². The number of benzene rings is 2. The summed E-state index contributed by atoms with van der Waals surface area (Å²) in [6.45, 7) is 4.85. The molecule has 2 aromatic carbocycles. The summed E-state index contributed by atoms with van der Waals surface area (Å²) in [6, 6.07) is 14.2. The molecule has 0 saturated carbocycles. The molecule has 2 aromatic rings. The summed E-state index contributed by atoms with van der Waals surface area (Å²) < 4.78 is 25.7. The Morgan fingerprint density at radius 2 is 1.95 bits per heavy atom. The van der Waals surface area contributed by atoms with Gasteiger partial charge in [-0.1, -0.05) is 42.8 Å².